The Labute approximate surface area is 170 Å². The maximum absolute atomic E-state index is 6.08. The van der Waals surface area contributed by atoms with E-state index in [1.807, 2.05) is 12.1 Å². The lowest BCUT2D eigenvalue weighted by Crippen LogP contribution is -2.46. The van der Waals surface area contributed by atoms with Crippen molar-refractivity contribution in [2.45, 2.75) is 19.5 Å². The van der Waals surface area contributed by atoms with Crippen LogP contribution in [-0.2, 0) is 11.3 Å². The van der Waals surface area contributed by atoms with Crippen molar-refractivity contribution in [1.82, 2.24) is 15.5 Å². The summed E-state index contributed by atoms with van der Waals surface area (Å²) in [4.78, 5) is 7.18. The van der Waals surface area contributed by atoms with Crippen LogP contribution in [0.4, 0.5) is 0 Å². The fraction of sp³-hybridized carbons (Fsp3) is 0.450. The number of morpholine rings is 1. The first kappa shape index (κ1) is 20.1. The molecule has 0 spiro atoms. The molecular formula is C20H27ClN4OS. The average molecular weight is 407 g/mol. The lowest BCUT2D eigenvalue weighted by Gasteiger charge is -2.35. The molecule has 2 aromatic rings. The number of guanidine groups is 1. The van der Waals surface area contributed by atoms with Crippen LogP contribution in [0.15, 0.2) is 46.1 Å². The van der Waals surface area contributed by atoms with Crippen LogP contribution >= 0.6 is 22.9 Å². The van der Waals surface area contributed by atoms with Crippen molar-refractivity contribution in [3.05, 3.63) is 57.2 Å². The first-order valence-corrected chi connectivity index (χ1v) is 10.7. The van der Waals surface area contributed by atoms with Gasteiger partial charge in [-0.3, -0.25) is 4.90 Å². The van der Waals surface area contributed by atoms with Gasteiger partial charge in [-0.1, -0.05) is 23.7 Å². The highest BCUT2D eigenvalue weighted by atomic mass is 35.5. The minimum atomic E-state index is 0.246. The molecule has 1 aliphatic rings. The number of thiophene rings is 1. The summed E-state index contributed by atoms with van der Waals surface area (Å²) in [6, 6.07) is 10.5. The molecule has 2 heterocycles. The number of nitrogens with one attached hydrogen (secondary N) is 2. The molecule has 1 unspecified atom stereocenters. The summed E-state index contributed by atoms with van der Waals surface area (Å²) in [6.07, 6.45) is 0. The molecule has 1 aliphatic heterocycles. The van der Waals surface area contributed by atoms with E-state index in [0.29, 0.717) is 6.54 Å². The number of hydrogen-bond acceptors (Lipinski definition) is 4. The van der Waals surface area contributed by atoms with Crippen LogP contribution < -0.4 is 10.6 Å². The lowest BCUT2D eigenvalue weighted by atomic mass is 10.0. The van der Waals surface area contributed by atoms with Gasteiger partial charge in [0.05, 0.1) is 25.8 Å². The van der Waals surface area contributed by atoms with Crippen LogP contribution in [0.25, 0.3) is 0 Å². The summed E-state index contributed by atoms with van der Waals surface area (Å²) in [5.41, 5.74) is 2.49. The Hall–Kier alpha value is -1.60. The molecule has 3 rings (SSSR count). The summed E-state index contributed by atoms with van der Waals surface area (Å²) in [6.45, 7) is 7.78. The molecule has 7 heteroatoms. The smallest absolute Gasteiger partial charge is 0.191 e. The van der Waals surface area contributed by atoms with Gasteiger partial charge in [-0.25, -0.2) is 4.99 Å². The molecule has 146 valence electrons. The van der Waals surface area contributed by atoms with E-state index in [1.165, 1.54) is 11.1 Å². The summed E-state index contributed by atoms with van der Waals surface area (Å²) in [7, 11) is 0. The standard InChI is InChI=1S/C20H27ClN4OS/c1-2-22-20(23-13-16-7-12-27-15-16)24-14-19(25-8-10-26-11-9-25)17-3-5-18(21)6-4-17/h3-7,12,15,19H,2,8-11,13-14H2,1H3,(H2,22,23,24). The molecule has 0 saturated carbocycles. The maximum atomic E-state index is 6.08. The van der Waals surface area contributed by atoms with E-state index in [4.69, 9.17) is 21.3 Å². The molecule has 0 aliphatic carbocycles. The third-order valence-corrected chi connectivity index (χ3v) is 5.53. The molecule has 1 saturated heterocycles. The lowest BCUT2D eigenvalue weighted by molar-refractivity contribution is 0.0170. The second-order valence-corrected chi connectivity index (χ2v) is 7.64. The molecular weight excluding hydrogens is 380 g/mol. The van der Waals surface area contributed by atoms with E-state index in [0.717, 1.165) is 50.4 Å². The van der Waals surface area contributed by atoms with Gasteiger partial charge in [0.1, 0.15) is 0 Å². The minimum Gasteiger partial charge on any atom is -0.379 e. The van der Waals surface area contributed by atoms with Gasteiger partial charge in [0.2, 0.25) is 0 Å². The largest absolute Gasteiger partial charge is 0.379 e. The zero-order valence-corrected chi connectivity index (χ0v) is 17.2. The van der Waals surface area contributed by atoms with E-state index in [-0.39, 0.29) is 6.04 Å². The van der Waals surface area contributed by atoms with Crippen LogP contribution in [0, 0.1) is 0 Å². The van der Waals surface area contributed by atoms with Crippen LogP contribution in [0.3, 0.4) is 0 Å². The summed E-state index contributed by atoms with van der Waals surface area (Å²) < 4.78 is 5.53. The Balaban J connectivity index is 1.69. The van der Waals surface area contributed by atoms with Gasteiger partial charge in [-0.2, -0.15) is 11.3 Å². The number of halogens is 1. The molecule has 1 fully saturated rings. The fourth-order valence-corrected chi connectivity index (χ4v) is 3.91. The third-order valence-electron chi connectivity index (χ3n) is 4.55. The molecule has 1 aromatic heterocycles. The Morgan fingerprint density at radius 1 is 1.22 bits per heavy atom. The van der Waals surface area contributed by atoms with Crippen LogP contribution in [-0.4, -0.2) is 50.3 Å². The third kappa shape index (κ3) is 6.21. The van der Waals surface area contributed by atoms with Gasteiger partial charge >= 0.3 is 0 Å². The Morgan fingerprint density at radius 3 is 2.67 bits per heavy atom. The Bertz CT molecular complexity index is 699. The minimum absolute atomic E-state index is 0.246. The zero-order valence-electron chi connectivity index (χ0n) is 15.7. The number of benzene rings is 1. The monoisotopic (exact) mass is 406 g/mol. The van der Waals surface area contributed by atoms with Crippen molar-refractivity contribution in [3.8, 4) is 0 Å². The first-order chi connectivity index (χ1) is 13.3. The normalized spacial score (nSPS) is 16.9. The maximum Gasteiger partial charge on any atom is 0.191 e. The van der Waals surface area contributed by atoms with Crippen LogP contribution in [0.1, 0.15) is 24.1 Å². The zero-order chi connectivity index (χ0) is 18.9. The molecule has 1 atom stereocenters. The predicted molar refractivity (Wildman–Crippen MR) is 114 cm³/mol. The van der Waals surface area contributed by atoms with Gasteiger partial charge in [0.15, 0.2) is 5.96 Å². The van der Waals surface area contributed by atoms with Gasteiger partial charge in [-0.05, 0) is 47.0 Å². The van der Waals surface area contributed by atoms with Gasteiger partial charge in [0, 0.05) is 31.2 Å². The second-order valence-electron chi connectivity index (χ2n) is 6.42. The van der Waals surface area contributed by atoms with Gasteiger partial charge in [-0.15, -0.1) is 0 Å². The molecule has 5 nitrogen and oxygen atoms in total. The second kappa shape index (κ2) is 10.7. The number of nitrogens with zero attached hydrogens (tertiary/aromatic N) is 2. The van der Waals surface area contributed by atoms with Gasteiger partial charge < -0.3 is 15.4 Å². The highest BCUT2D eigenvalue weighted by Crippen LogP contribution is 2.23. The predicted octanol–water partition coefficient (Wildman–Crippen LogP) is 3.53. The summed E-state index contributed by atoms with van der Waals surface area (Å²) in [5.74, 6) is 0.843. The number of hydrogen-bond donors (Lipinski definition) is 2. The number of ether oxygens (including phenoxy) is 1. The van der Waals surface area contributed by atoms with Crippen molar-refractivity contribution in [1.29, 1.82) is 0 Å². The van der Waals surface area contributed by atoms with Crippen molar-refractivity contribution in [2.24, 2.45) is 4.99 Å². The Morgan fingerprint density at radius 2 is 2.00 bits per heavy atom. The van der Waals surface area contributed by atoms with Crippen molar-refractivity contribution >= 4 is 28.9 Å². The fourth-order valence-electron chi connectivity index (χ4n) is 3.12. The van der Waals surface area contributed by atoms with Crippen LogP contribution in [0.2, 0.25) is 5.02 Å². The van der Waals surface area contributed by atoms with E-state index < -0.39 is 0 Å². The van der Waals surface area contributed by atoms with Crippen LogP contribution in [0.5, 0.6) is 0 Å². The SMILES string of the molecule is CCNC(=NCc1ccsc1)NCC(c1ccc(Cl)cc1)N1CCOCC1. The number of rotatable bonds is 7. The molecule has 0 bridgehead atoms. The van der Waals surface area contributed by atoms with Crippen molar-refractivity contribution < 1.29 is 4.74 Å². The molecule has 27 heavy (non-hydrogen) atoms. The topological polar surface area (TPSA) is 48.9 Å². The quantitative estimate of drug-likeness (QED) is 0.545. The van der Waals surface area contributed by atoms with Gasteiger partial charge in [0.25, 0.3) is 0 Å². The first-order valence-electron chi connectivity index (χ1n) is 9.36. The number of aliphatic imine (C=N–C) groups is 1. The molecule has 0 radical (unpaired) electrons. The van der Waals surface area contributed by atoms with Crippen molar-refractivity contribution in [3.63, 3.8) is 0 Å². The van der Waals surface area contributed by atoms with Crippen molar-refractivity contribution in [2.75, 3.05) is 39.4 Å². The summed E-state index contributed by atoms with van der Waals surface area (Å²) >= 11 is 7.78. The van der Waals surface area contributed by atoms with E-state index in [1.54, 1.807) is 11.3 Å². The molecule has 1 aromatic carbocycles. The van der Waals surface area contributed by atoms with E-state index in [2.05, 4.69) is 51.4 Å². The summed E-state index contributed by atoms with van der Waals surface area (Å²) in [5, 5.41) is 11.8. The van der Waals surface area contributed by atoms with E-state index >= 15 is 0 Å². The Kier molecular flexibility index (Phi) is 7.95. The average Bonchev–Trinajstić information content (AvgIpc) is 3.22. The highest BCUT2D eigenvalue weighted by molar-refractivity contribution is 7.07. The molecule has 0 amide bonds. The van der Waals surface area contributed by atoms with E-state index in [9.17, 15) is 0 Å². The highest BCUT2D eigenvalue weighted by Gasteiger charge is 2.22. The molecule has 2 N–H and O–H groups in total.